The lowest BCUT2D eigenvalue weighted by Gasteiger charge is -2.06. The average Bonchev–Trinajstić information content (AvgIpc) is 2.34. The molecule has 17 heavy (non-hydrogen) atoms. The van der Waals surface area contributed by atoms with Crippen LogP contribution in [0.4, 0.5) is 4.79 Å². The number of methoxy groups -OCH3 is 1. The summed E-state index contributed by atoms with van der Waals surface area (Å²) < 4.78 is 4.98. The van der Waals surface area contributed by atoms with Crippen LogP contribution in [0.3, 0.4) is 0 Å². The molecule has 0 radical (unpaired) electrons. The van der Waals surface area contributed by atoms with Crippen molar-refractivity contribution in [2.24, 2.45) is 5.73 Å². The summed E-state index contributed by atoms with van der Waals surface area (Å²) in [5, 5.41) is 5.02. The van der Waals surface area contributed by atoms with E-state index in [0.29, 0.717) is 24.4 Å². The van der Waals surface area contributed by atoms with Gasteiger partial charge in [-0.3, -0.25) is 4.79 Å². The molecule has 6 heteroatoms. The number of benzene rings is 1. The summed E-state index contributed by atoms with van der Waals surface area (Å²) in [6, 6.07) is 6.13. The number of carbonyl (C=O) groups is 2. The Morgan fingerprint density at radius 2 is 1.76 bits per heavy atom. The number of nitrogens with one attached hydrogen (secondary N) is 2. The van der Waals surface area contributed by atoms with Crippen LogP contribution in [-0.2, 0) is 0 Å². The fourth-order valence-corrected chi connectivity index (χ4v) is 1.21. The minimum atomic E-state index is -0.608. The van der Waals surface area contributed by atoms with Crippen LogP contribution in [0, 0.1) is 0 Å². The molecule has 1 aromatic carbocycles. The number of carbonyl (C=O) groups excluding carboxylic acids is 2. The Bertz CT molecular complexity index is 389. The Morgan fingerprint density at radius 1 is 1.18 bits per heavy atom. The van der Waals surface area contributed by atoms with Crippen LogP contribution in [0.5, 0.6) is 5.75 Å². The van der Waals surface area contributed by atoms with Crippen molar-refractivity contribution < 1.29 is 14.3 Å². The second-order valence-corrected chi connectivity index (χ2v) is 3.28. The van der Waals surface area contributed by atoms with Crippen LogP contribution < -0.4 is 21.1 Å². The predicted octanol–water partition coefficient (Wildman–Crippen LogP) is 0.0933. The zero-order valence-corrected chi connectivity index (χ0v) is 9.53. The maximum absolute atomic E-state index is 11.6. The maximum atomic E-state index is 11.6. The van der Waals surface area contributed by atoms with Crippen molar-refractivity contribution in [3.05, 3.63) is 29.8 Å². The maximum Gasteiger partial charge on any atom is 0.312 e. The molecule has 0 aromatic heterocycles. The minimum absolute atomic E-state index is 0.209. The molecule has 0 fully saturated rings. The zero-order chi connectivity index (χ0) is 12.7. The fourth-order valence-electron chi connectivity index (χ4n) is 1.21. The van der Waals surface area contributed by atoms with E-state index >= 15 is 0 Å². The van der Waals surface area contributed by atoms with Gasteiger partial charge in [0, 0.05) is 18.7 Å². The molecule has 0 heterocycles. The normalized spacial score (nSPS) is 9.47. The van der Waals surface area contributed by atoms with Crippen molar-refractivity contribution >= 4 is 11.9 Å². The monoisotopic (exact) mass is 237 g/mol. The topological polar surface area (TPSA) is 93.4 Å². The molecule has 4 N–H and O–H groups in total. The molecule has 0 bridgehead atoms. The first kappa shape index (κ1) is 12.8. The molecule has 0 aliphatic rings. The molecular weight excluding hydrogens is 222 g/mol. The van der Waals surface area contributed by atoms with Gasteiger partial charge in [-0.2, -0.15) is 0 Å². The Labute approximate surface area is 99.1 Å². The summed E-state index contributed by atoms with van der Waals surface area (Å²) in [5.74, 6) is 0.482. The van der Waals surface area contributed by atoms with Gasteiger partial charge in [0.1, 0.15) is 5.75 Å². The number of rotatable bonds is 5. The van der Waals surface area contributed by atoms with Crippen LogP contribution in [0.2, 0.25) is 0 Å². The van der Waals surface area contributed by atoms with Crippen molar-refractivity contribution in [2.75, 3.05) is 20.2 Å². The first-order chi connectivity index (χ1) is 8.13. The lowest BCUT2D eigenvalue weighted by atomic mass is 10.2. The van der Waals surface area contributed by atoms with Gasteiger partial charge in [0.05, 0.1) is 7.11 Å². The number of amides is 3. The second kappa shape index (κ2) is 6.37. The van der Waals surface area contributed by atoms with Gasteiger partial charge in [-0.15, -0.1) is 0 Å². The molecule has 3 amide bonds. The molecule has 92 valence electrons. The highest BCUT2D eigenvalue weighted by Gasteiger charge is 2.04. The molecule has 0 saturated heterocycles. The van der Waals surface area contributed by atoms with E-state index in [1.807, 2.05) is 0 Å². The van der Waals surface area contributed by atoms with Gasteiger partial charge in [-0.1, -0.05) is 0 Å². The lowest BCUT2D eigenvalue weighted by molar-refractivity contribution is 0.0954. The Morgan fingerprint density at radius 3 is 2.29 bits per heavy atom. The lowest BCUT2D eigenvalue weighted by Crippen LogP contribution is -2.37. The van der Waals surface area contributed by atoms with Gasteiger partial charge >= 0.3 is 6.03 Å². The van der Waals surface area contributed by atoms with Crippen molar-refractivity contribution in [3.8, 4) is 5.75 Å². The van der Waals surface area contributed by atoms with E-state index in [4.69, 9.17) is 10.5 Å². The van der Waals surface area contributed by atoms with Gasteiger partial charge in [0.2, 0.25) is 0 Å². The molecule has 6 nitrogen and oxygen atoms in total. The number of primary amides is 1. The van der Waals surface area contributed by atoms with Crippen LogP contribution in [0.15, 0.2) is 24.3 Å². The summed E-state index contributed by atoms with van der Waals surface area (Å²) in [5.41, 5.74) is 5.41. The minimum Gasteiger partial charge on any atom is -0.497 e. The second-order valence-electron chi connectivity index (χ2n) is 3.28. The molecule has 0 atom stereocenters. The quantitative estimate of drug-likeness (QED) is 0.634. The standard InChI is InChI=1S/C11H15N3O3/c1-17-9-4-2-8(3-5-9)10(15)13-6-7-14-11(12)16/h2-5H,6-7H2,1H3,(H,13,15)(H3,12,14,16). The number of urea groups is 1. The number of ether oxygens (including phenoxy) is 1. The van der Waals surface area contributed by atoms with E-state index in [0.717, 1.165) is 0 Å². The van der Waals surface area contributed by atoms with Crippen molar-refractivity contribution in [1.29, 1.82) is 0 Å². The third-order valence-corrected chi connectivity index (χ3v) is 2.06. The summed E-state index contributed by atoms with van der Waals surface area (Å²) in [6.45, 7) is 0.630. The average molecular weight is 237 g/mol. The van der Waals surface area contributed by atoms with Crippen LogP contribution in [0.1, 0.15) is 10.4 Å². The first-order valence-corrected chi connectivity index (χ1v) is 5.09. The third-order valence-electron chi connectivity index (χ3n) is 2.06. The largest absolute Gasteiger partial charge is 0.497 e. The molecular formula is C11H15N3O3. The van der Waals surface area contributed by atoms with E-state index in [1.54, 1.807) is 31.4 Å². The van der Waals surface area contributed by atoms with Gasteiger partial charge in [-0.25, -0.2) is 4.79 Å². The Kier molecular flexibility index (Phi) is 4.80. The number of hydrogen-bond acceptors (Lipinski definition) is 3. The van der Waals surface area contributed by atoms with E-state index in [2.05, 4.69) is 10.6 Å². The van der Waals surface area contributed by atoms with Gasteiger partial charge < -0.3 is 21.1 Å². The van der Waals surface area contributed by atoms with Crippen LogP contribution in [0.25, 0.3) is 0 Å². The summed E-state index contributed by atoms with van der Waals surface area (Å²) in [7, 11) is 1.56. The van der Waals surface area contributed by atoms with Crippen LogP contribution >= 0.6 is 0 Å². The molecule has 0 spiro atoms. The van der Waals surface area contributed by atoms with Crippen molar-refractivity contribution in [1.82, 2.24) is 10.6 Å². The van der Waals surface area contributed by atoms with Crippen molar-refractivity contribution in [2.45, 2.75) is 0 Å². The Hall–Kier alpha value is -2.24. The van der Waals surface area contributed by atoms with Gasteiger partial charge in [0.25, 0.3) is 5.91 Å². The van der Waals surface area contributed by atoms with E-state index in [1.165, 1.54) is 0 Å². The predicted molar refractivity (Wildman–Crippen MR) is 62.9 cm³/mol. The van der Waals surface area contributed by atoms with E-state index < -0.39 is 6.03 Å². The van der Waals surface area contributed by atoms with Crippen LogP contribution in [-0.4, -0.2) is 32.1 Å². The van der Waals surface area contributed by atoms with Gasteiger partial charge in [0.15, 0.2) is 0 Å². The summed E-state index contributed by atoms with van der Waals surface area (Å²) in [6.07, 6.45) is 0. The number of nitrogens with two attached hydrogens (primary N) is 1. The molecule has 0 aliphatic carbocycles. The SMILES string of the molecule is COc1ccc(C(=O)NCCNC(N)=O)cc1. The van der Waals surface area contributed by atoms with Gasteiger partial charge in [-0.05, 0) is 24.3 Å². The summed E-state index contributed by atoms with van der Waals surface area (Å²) >= 11 is 0. The summed E-state index contributed by atoms with van der Waals surface area (Å²) in [4.78, 5) is 22.0. The smallest absolute Gasteiger partial charge is 0.312 e. The first-order valence-electron chi connectivity index (χ1n) is 5.09. The van der Waals surface area contributed by atoms with E-state index in [9.17, 15) is 9.59 Å². The third kappa shape index (κ3) is 4.42. The molecule has 1 aromatic rings. The highest BCUT2D eigenvalue weighted by molar-refractivity contribution is 5.94. The highest BCUT2D eigenvalue weighted by Crippen LogP contribution is 2.10. The number of hydrogen-bond donors (Lipinski definition) is 3. The van der Waals surface area contributed by atoms with E-state index in [-0.39, 0.29) is 5.91 Å². The molecule has 1 rings (SSSR count). The molecule has 0 aliphatic heterocycles. The fraction of sp³-hybridized carbons (Fsp3) is 0.273. The van der Waals surface area contributed by atoms with Crippen molar-refractivity contribution in [3.63, 3.8) is 0 Å². The zero-order valence-electron chi connectivity index (χ0n) is 9.53. The highest BCUT2D eigenvalue weighted by atomic mass is 16.5. The Balaban J connectivity index is 2.38. The molecule has 0 unspecified atom stereocenters. The molecule has 0 saturated carbocycles.